The second-order valence-corrected chi connectivity index (χ2v) is 6.37. The molecule has 29 heavy (non-hydrogen) atoms. The van der Waals surface area contributed by atoms with E-state index in [1.807, 2.05) is 6.07 Å². The van der Waals surface area contributed by atoms with Crippen molar-refractivity contribution in [2.45, 2.75) is 13.5 Å². The highest BCUT2D eigenvalue weighted by Gasteiger charge is 2.16. The standard InChI is InChI=1S/C19H14N8O2/c1-11-7-12(5-6-16(11)27(28)29)10-26-18-14(9-22-26)17(24-19(21)25-18)15-4-2-3-13(8-20)23-15/h2-7,9H,10H2,1H3,(H2,21,24,25). The molecule has 10 heteroatoms. The normalized spacial score (nSPS) is 10.8. The number of nitriles is 1. The Morgan fingerprint density at radius 2 is 2.07 bits per heavy atom. The zero-order chi connectivity index (χ0) is 20.5. The van der Waals surface area contributed by atoms with Gasteiger partial charge in [0, 0.05) is 11.6 Å². The number of fused-ring (bicyclic) bond motifs is 1. The summed E-state index contributed by atoms with van der Waals surface area (Å²) >= 11 is 0. The highest BCUT2D eigenvalue weighted by molar-refractivity contribution is 5.90. The molecule has 0 spiro atoms. The highest BCUT2D eigenvalue weighted by atomic mass is 16.6. The van der Waals surface area contributed by atoms with Gasteiger partial charge in [-0.25, -0.2) is 14.6 Å². The third kappa shape index (κ3) is 3.32. The largest absolute Gasteiger partial charge is 0.368 e. The Morgan fingerprint density at radius 1 is 1.24 bits per heavy atom. The number of nitrogens with two attached hydrogens (primary N) is 1. The molecule has 0 unspecified atom stereocenters. The predicted octanol–water partition coefficient (Wildman–Crippen LogP) is 2.61. The number of nitrogen functional groups attached to an aromatic ring is 1. The first-order valence-electron chi connectivity index (χ1n) is 8.56. The lowest BCUT2D eigenvalue weighted by molar-refractivity contribution is -0.385. The van der Waals surface area contributed by atoms with Crippen molar-refractivity contribution in [3.63, 3.8) is 0 Å². The molecule has 3 aromatic heterocycles. The molecule has 0 aliphatic carbocycles. The smallest absolute Gasteiger partial charge is 0.272 e. The van der Waals surface area contributed by atoms with Gasteiger partial charge in [0.2, 0.25) is 5.95 Å². The fourth-order valence-electron chi connectivity index (χ4n) is 3.11. The van der Waals surface area contributed by atoms with Crippen molar-refractivity contribution < 1.29 is 4.92 Å². The first-order valence-corrected chi connectivity index (χ1v) is 8.56. The Morgan fingerprint density at radius 3 is 2.79 bits per heavy atom. The van der Waals surface area contributed by atoms with Gasteiger partial charge in [-0.3, -0.25) is 10.1 Å². The molecule has 2 N–H and O–H groups in total. The van der Waals surface area contributed by atoms with Crippen molar-refractivity contribution >= 4 is 22.7 Å². The maximum atomic E-state index is 11.0. The summed E-state index contributed by atoms with van der Waals surface area (Å²) in [5, 5.41) is 25.1. The number of anilines is 1. The Labute approximate surface area is 164 Å². The van der Waals surface area contributed by atoms with Gasteiger partial charge in [0.15, 0.2) is 5.65 Å². The number of nitrogens with zero attached hydrogens (tertiary/aromatic N) is 7. The maximum Gasteiger partial charge on any atom is 0.272 e. The van der Waals surface area contributed by atoms with Crippen LogP contribution in [0.1, 0.15) is 16.8 Å². The summed E-state index contributed by atoms with van der Waals surface area (Å²) in [6.45, 7) is 2.04. The van der Waals surface area contributed by atoms with Crippen LogP contribution in [0.4, 0.5) is 11.6 Å². The molecule has 0 aliphatic rings. The molecule has 0 amide bonds. The van der Waals surface area contributed by atoms with Crippen LogP contribution in [-0.4, -0.2) is 29.7 Å². The van der Waals surface area contributed by atoms with Crippen LogP contribution in [0, 0.1) is 28.4 Å². The zero-order valence-electron chi connectivity index (χ0n) is 15.3. The van der Waals surface area contributed by atoms with Crippen molar-refractivity contribution in [3.8, 4) is 17.5 Å². The molecular formula is C19H14N8O2. The van der Waals surface area contributed by atoms with Crippen LogP contribution in [0.15, 0.2) is 42.6 Å². The van der Waals surface area contributed by atoms with Crippen LogP contribution in [0.5, 0.6) is 0 Å². The molecule has 0 aliphatic heterocycles. The quantitative estimate of drug-likeness (QED) is 0.415. The van der Waals surface area contributed by atoms with Crippen LogP contribution < -0.4 is 5.73 Å². The van der Waals surface area contributed by atoms with Crippen molar-refractivity contribution in [2.75, 3.05) is 5.73 Å². The number of hydrogen-bond donors (Lipinski definition) is 1. The van der Waals surface area contributed by atoms with Gasteiger partial charge in [-0.2, -0.15) is 15.3 Å². The van der Waals surface area contributed by atoms with E-state index in [1.54, 1.807) is 48.1 Å². The third-order valence-electron chi connectivity index (χ3n) is 4.41. The van der Waals surface area contributed by atoms with E-state index in [0.717, 1.165) is 5.56 Å². The lowest BCUT2D eigenvalue weighted by Crippen LogP contribution is -2.06. The summed E-state index contributed by atoms with van der Waals surface area (Å²) < 4.78 is 1.64. The molecule has 0 fully saturated rings. The summed E-state index contributed by atoms with van der Waals surface area (Å²) in [6.07, 6.45) is 1.61. The van der Waals surface area contributed by atoms with Gasteiger partial charge < -0.3 is 5.73 Å². The van der Waals surface area contributed by atoms with Gasteiger partial charge >= 0.3 is 0 Å². The van der Waals surface area contributed by atoms with Crippen molar-refractivity contribution in [1.82, 2.24) is 24.7 Å². The van der Waals surface area contributed by atoms with E-state index in [2.05, 4.69) is 20.1 Å². The first-order chi connectivity index (χ1) is 14.0. The molecule has 0 bridgehead atoms. The Kier molecular flexibility index (Phi) is 4.33. The minimum atomic E-state index is -0.412. The minimum absolute atomic E-state index is 0.0540. The molecule has 3 heterocycles. The van der Waals surface area contributed by atoms with E-state index in [0.29, 0.717) is 34.5 Å². The number of aryl methyl sites for hydroxylation is 1. The van der Waals surface area contributed by atoms with E-state index in [1.165, 1.54) is 6.07 Å². The van der Waals surface area contributed by atoms with Crippen LogP contribution in [0.25, 0.3) is 22.4 Å². The van der Waals surface area contributed by atoms with E-state index >= 15 is 0 Å². The number of pyridine rings is 1. The lowest BCUT2D eigenvalue weighted by atomic mass is 10.1. The number of hydrogen-bond acceptors (Lipinski definition) is 8. The molecule has 1 aromatic carbocycles. The zero-order valence-corrected chi connectivity index (χ0v) is 15.3. The summed E-state index contributed by atoms with van der Waals surface area (Å²) in [6, 6.07) is 12.0. The molecule has 142 valence electrons. The topological polar surface area (TPSA) is 149 Å². The molecule has 0 radical (unpaired) electrons. The van der Waals surface area contributed by atoms with Crippen molar-refractivity contribution in [2.24, 2.45) is 0 Å². The summed E-state index contributed by atoms with van der Waals surface area (Å²) in [7, 11) is 0. The fourth-order valence-corrected chi connectivity index (χ4v) is 3.11. The van der Waals surface area contributed by atoms with Crippen LogP contribution in [0.2, 0.25) is 0 Å². The van der Waals surface area contributed by atoms with Gasteiger partial charge in [0.25, 0.3) is 5.69 Å². The predicted molar refractivity (Wildman–Crippen MR) is 105 cm³/mol. The second kappa shape index (κ2) is 6.97. The minimum Gasteiger partial charge on any atom is -0.368 e. The van der Waals surface area contributed by atoms with E-state index in [4.69, 9.17) is 11.0 Å². The van der Waals surface area contributed by atoms with Crippen LogP contribution in [-0.2, 0) is 6.54 Å². The number of nitro benzene ring substituents is 1. The average Bonchev–Trinajstić information content (AvgIpc) is 3.09. The Balaban J connectivity index is 1.78. The summed E-state index contributed by atoms with van der Waals surface area (Å²) in [5.41, 5.74) is 9.12. The lowest BCUT2D eigenvalue weighted by Gasteiger charge is -2.07. The number of rotatable bonds is 4. The SMILES string of the molecule is Cc1cc(Cn2ncc3c(-c4cccc(C#N)n4)nc(N)nc32)ccc1[N+](=O)[O-]. The molecule has 10 nitrogen and oxygen atoms in total. The van der Waals surface area contributed by atoms with Crippen LogP contribution >= 0.6 is 0 Å². The summed E-state index contributed by atoms with van der Waals surface area (Å²) in [4.78, 5) is 23.4. The summed E-state index contributed by atoms with van der Waals surface area (Å²) in [5.74, 6) is 0.0540. The van der Waals surface area contributed by atoms with Crippen molar-refractivity contribution in [3.05, 3.63) is 69.5 Å². The Hall–Kier alpha value is -4.39. The third-order valence-corrected chi connectivity index (χ3v) is 4.41. The number of aromatic nitrogens is 5. The van der Waals surface area contributed by atoms with Gasteiger partial charge in [0.1, 0.15) is 17.5 Å². The van der Waals surface area contributed by atoms with E-state index < -0.39 is 4.92 Å². The number of benzene rings is 1. The maximum absolute atomic E-state index is 11.0. The number of nitro groups is 1. The fraction of sp³-hybridized carbons (Fsp3) is 0.105. The average molecular weight is 386 g/mol. The molecule has 4 aromatic rings. The van der Waals surface area contributed by atoms with Gasteiger partial charge in [0.05, 0.1) is 28.7 Å². The molecule has 0 atom stereocenters. The van der Waals surface area contributed by atoms with Gasteiger partial charge in [-0.1, -0.05) is 12.1 Å². The first kappa shape index (κ1) is 18.0. The van der Waals surface area contributed by atoms with Crippen LogP contribution in [0.3, 0.4) is 0 Å². The van der Waals surface area contributed by atoms with E-state index in [9.17, 15) is 10.1 Å². The molecular weight excluding hydrogens is 372 g/mol. The highest BCUT2D eigenvalue weighted by Crippen LogP contribution is 2.26. The van der Waals surface area contributed by atoms with Gasteiger partial charge in [-0.15, -0.1) is 0 Å². The molecule has 4 rings (SSSR count). The monoisotopic (exact) mass is 386 g/mol. The van der Waals surface area contributed by atoms with E-state index in [-0.39, 0.29) is 17.3 Å². The van der Waals surface area contributed by atoms with Crippen molar-refractivity contribution in [1.29, 1.82) is 5.26 Å². The second-order valence-electron chi connectivity index (χ2n) is 6.37. The molecule has 0 saturated heterocycles. The van der Waals surface area contributed by atoms with Gasteiger partial charge in [-0.05, 0) is 30.7 Å². The molecule has 0 saturated carbocycles. The Bertz CT molecular complexity index is 1310.